The van der Waals surface area contributed by atoms with E-state index in [2.05, 4.69) is 4.98 Å². The van der Waals surface area contributed by atoms with Gasteiger partial charge in [-0.15, -0.1) is 0 Å². The molecule has 0 fully saturated rings. The highest BCUT2D eigenvalue weighted by Gasteiger charge is 2.17. The van der Waals surface area contributed by atoms with Gasteiger partial charge in [0.1, 0.15) is 0 Å². The lowest BCUT2D eigenvalue weighted by Crippen LogP contribution is -2.34. The van der Waals surface area contributed by atoms with Crippen molar-refractivity contribution in [1.82, 2.24) is 4.98 Å². The van der Waals surface area contributed by atoms with Crippen LogP contribution in [-0.4, -0.2) is 16.9 Å². The maximum Gasteiger partial charge on any atom is 0.0493 e. The van der Waals surface area contributed by atoms with Gasteiger partial charge in [0.15, 0.2) is 0 Å². The predicted molar refractivity (Wildman–Crippen MR) is 55.7 cm³/mol. The molecule has 0 saturated heterocycles. The van der Waals surface area contributed by atoms with Gasteiger partial charge in [-0.25, -0.2) is 0 Å². The van der Waals surface area contributed by atoms with Crippen LogP contribution in [0.5, 0.6) is 0 Å². The largest absolute Gasteiger partial charge is 0.550 e. The van der Waals surface area contributed by atoms with Gasteiger partial charge in [-0.2, -0.15) is 0 Å². The maximum absolute atomic E-state index is 11.0. The van der Waals surface area contributed by atoms with E-state index in [0.717, 1.165) is 5.52 Å². The molecule has 2 aromatic rings. The zero-order chi connectivity index (χ0) is 12.4. The third-order valence-electron chi connectivity index (χ3n) is 2.65. The lowest BCUT2D eigenvalue weighted by atomic mass is 9.95. The van der Waals surface area contributed by atoms with Crippen LogP contribution in [0.4, 0.5) is 0 Å². The third kappa shape index (κ3) is 2.13. The van der Waals surface area contributed by atoms with E-state index < -0.39 is 24.3 Å². The predicted octanol–water partition coefficient (Wildman–Crippen LogP) is -0.859. The number of aromatic amines is 1. The van der Waals surface area contributed by atoms with E-state index in [1.165, 1.54) is 6.20 Å². The zero-order valence-corrected chi connectivity index (χ0v) is 8.80. The zero-order valence-electron chi connectivity index (χ0n) is 8.80. The Kier molecular flexibility index (Phi) is 2.82. The number of aromatic nitrogens is 1. The summed E-state index contributed by atoms with van der Waals surface area (Å²) < 4.78 is 0. The first-order valence-electron chi connectivity index (χ1n) is 5.06. The molecular weight excluding hydrogens is 222 g/mol. The van der Waals surface area contributed by atoms with Crippen molar-refractivity contribution < 1.29 is 19.8 Å². The number of carbonyl (C=O) groups excluding carboxylic acids is 2. The molecule has 0 saturated carbocycles. The van der Waals surface area contributed by atoms with Crippen LogP contribution in [0.2, 0.25) is 0 Å². The first-order chi connectivity index (χ1) is 8.09. The van der Waals surface area contributed by atoms with E-state index in [1.807, 2.05) is 0 Å². The Labute approximate surface area is 96.7 Å². The Bertz CT molecular complexity index is 573. The summed E-state index contributed by atoms with van der Waals surface area (Å²) in [6.07, 6.45) is 0.901. The molecule has 1 heterocycles. The van der Waals surface area contributed by atoms with Gasteiger partial charge in [-0.05, 0) is 18.1 Å². The Morgan fingerprint density at radius 3 is 2.59 bits per heavy atom. The summed E-state index contributed by atoms with van der Waals surface area (Å²) in [5.41, 5.74) is 1.16. The Balaban J connectivity index is 2.48. The van der Waals surface area contributed by atoms with Crippen LogP contribution in [-0.2, 0) is 9.59 Å². The average Bonchev–Trinajstić information content (AvgIpc) is 2.69. The number of hydrogen-bond donors (Lipinski definition) is 1. The number of carboxylic acid groups (broad SMARTS) is 2. The molecule has 0 unspecified atom stereocenters. The van der Waals surface area contributed by atoms with Gasteiger partial charge in [0, 0.05) is 35.0 Å². The quantitative estimate of drug-likeness (QED) is 0.740. The lowest BCUT2D eigenvalue weighted by molar-refractivity contribution is -0.317. The summed E-state index contributed by atoms with van der Waals surface area (Å²) in [6.45, 7) is 0. The standard InChI is InChI=1S/C12H11NO4/c14-11(15)5-8(12(16)17)9-6-13-10-4-2-1-3-7(9)10/h1-4,6,8,13H,5H2,(H,14,15)(H,16,17)/p-2/t8-/m1/s1. The van der Waals surface area contributed by atoms with Gasteiger partial charge >= 0.3 is 0 Å². The number of hydrogen-bond acceptors (Lipinski definition) is 4. The van der Waals surface area contributed by atoms with Crippen molar-refractivity contribution >= 4 is 22.8 Å². The van der Waals surface area contributed by atoms with Crippen molar-refractivity contribution in [2.45, 2.75) is 12.3 Å². The molecule has 0 amide bonds. The molecular formula is C12H9NO4-2. The number of H-pyrrole nitrogens is 1. The maximum atomic E-state index is 11.0. The third-order valence-corrected chi connectivity index (χ3v) is 2.65. The molecule has 1 aromatic heterocycles. The highest BCUT2D eigenvalue weighted by Crippen LogP contribution is 2.27. The average molecular weight is 231 g/mol. The molecule has 5 nitrogen and oxygen atoms in total. The minimum Gasteiger partial charge on any atom is -0.550 e. The Morgan fingerprint density at radius 2 is 1.94 bits per heavy atom. The fourth-order valence-electron chi connectivity index (χ4n) is 1.87. The van der Waals surface area contributed by atoms with E-state index in [9.17, 15) is 19.8 Å². The van der Waals surface area contributed by atoms with Crippen molar-refractivity contribution in [2.24, 2.45) is 0 Å². The van der Waals surface area contributed by atoms with E-state index in [0.29, 0.717) is 10.9 Å². The molecule has 0 bridgehead atoms. The molecule has 5 heteroatoms. The highest BCUT2D eigenvalue weighted by atomic mass is 16.4. The van der Waals surface area contributed by atoms with Crippen LogP contribution in [0.1, 0.15) is 17.9 Å². The molecule has 1 N–H and O–H groups in total. The fourth-order valence-corrected chi connectivity index (χ4v) is 1.87. The van der Waals surface area contributed by atoms with Gasteiger partial charge < -0.3 is 24.8 Å². The van der Waals surface area contributed by atoms with Crippen molar-refractivity contribution in [2.75, 3.05) is 0 Å². The number of rotatable bonds is 4. The van der Waals surface area contributed by atoms with E-state index >= 15 is 0 Å². The summed E-state index contributed by atoms with van der Waals surface area (Å²) in [4.78, 5) is 24.4. The van der Waals surface area contributed by atoms with Crippen LogP contribution in [0.25, 0.3) is 10.9 Å². The van der Waals surface area contributed by atoms with Gasteiger partial charge in [0.25, 0.3) is 0 Å². The van der Waals surface area contributed by atoms with Crippen LogP contribution >= 0.6 is 0 Å². The molecule has 0 aliphatic carbocycles. The molecule has 0 aliphatic rings. The Hall–Kier alpha value is -2.30. The highest BCUT2D eigenvalue weighted by molar-refractivity contribution is 5.90. The number of carboxylic acids is 2. The number of carbonyl (C=O) groups is 2. The first kappa shape index (κ1) is 11.2. The van der Waals surface area contributed by atoms with Gasteiger partial charge in [-0.1, -0.05) is 18.2 Å². The molecule has 2 rings (SSSR count). The molecule has 88 valence electrons. The molecule has 1 aromatic carbocycles. The van der Waals surface area contributed by atoms with Crippen molar-refractivity contribution in [3.8, 4) is 0 Å². The van der Waals surface area contributed by atoms with Crippen LogP contribution in [0, 0.1) is 0 Å². The summed E-state index contributed by atoms with van der Waals surface area (Å²) in [6, 6.07) is 7.07. The number of aliphatic carboxylic acids is 2. The van der Waals surface area contributed by atoms with Crippen LogP contribution < -0.4 is 10.2 Å². The molecule has 1 atom stereocenters. The summed E-state index contributed by atoms with van der Waals surface area (Å²) in [5.74, 6) is -4.03. The van der Waals surface area contributed by atoms with Crippen molar-refractivity contribution in [3.63, 3.8) is 0 Å². The lowest BCUT2D eigenvalue weighted by Gasteiger charge is -2.17. The minimum absolute atomic E-state index is 0.407. The second-order valence-corrected chi connectivity index (χ2v) is 3.74. The second kappa shape index (κ2) is 4.29. The van der Waals surface area contributed by atoms with E-state index in [1.54, 1.807) is 24.3 Å². The summed E-state index contributed by atoms with van der Waals surface area (Å²) in [7, 11) is 0. The molecule has 0 spiro atoms. The van der Waals surface area contributed by atoms with Gasteiger partial charge in [0.2, 0.25) is 0 Å². The fraction of sp³-hybridized carbons (Fsp3) is 0.167. The SMILES string of the molecule is O=C([O-])C[C@@H](C(=O)[O-])c1c[nH]c2ccccc12. The number of benzene rings is 1. The monoisotopic (exact) mass is 231 g/mol. The molecule has 17 heavy (non-hydrogen) atoms. The summed E-state index contributed by atoms with van der Waals surface area (Å²) in [5, 5.41) is 22.2. The number of fused-ring (bicyclic) bond motifs is 1. The van der Waals surface area contributed by atoms with Crippen LogP contribution in [0.15, 0.2) is 30.5 Å². The van der Waals surface area contributed by atoms with Crippen molar-refractivity contribution in [1.29, 1.82) is 0 Å². The Morgan fingerprint density at radius 1 is 1.24 bits per heavy atom. The van der Waals surface area contributed by atoms with Crippen molar-refractivity contribution in [3.05, 3.63) is 36.0 Å². The van der Waals surface area contributed by atoms with Gasteiger partial charge in [-0.3, -0.25) is 0 Å². The smallest absolute Gasteiger partial charge is 0.0493 e. The van der Waals surface area contributed by atoms with Crippen LogP contribution in [0.3, 0.4) is 0 Å². The topological polar surface area (TPSA) is 96.0 Å². The summed E-state index contributed by atoms with van der Waals surface area (Å²) >= 11 is 0. The number of para-hydroxylation sites is 1. The minimum atomic E-state index is -1.42. The van der Waals surface area contributed by atoms with E-state index in [4.69, 9.17) is 0 Å². The molecule has 0 aliphatic heterocycles. The number of nitrogens with one attached hydrogen (secondary N) is 1. The first-order valence-corrected chi connectivity index (χ1v) is 5.06. The van der Waals surface area contributed by atoms with E-state index in [-0.39, 0.29) is 0 Å². The van der Waals surface area contributed by atoms with Gasteiger partial charge in [0.05, 0.1) is 0 Å². The normalized spacial score (nSPS) is 12.5. The molecule has 0 radical (unpaired) electrons. The second-order valence-electron chi connectivity index (χ2n) is 3.74.